The predicted molar refractivity (Wildman–Crippen MR) is 55.1 cm³/mol. The van der Waals surface area contributed by atoms with E-state index in [1.54, 1.807) is 0 Å². The lowest BCUT2D eigenvalue weighted by molar-refractivity contribution is 0.480. The third-order valence-electron chi connectivity index (χ3n) is 2.94. The molecule has 0 unspecified atom stereocenters. The Kier molecular flexibility index (Phi) is 5.47. The molecule has 1 radical (unpaired) electrons. The minimum atomic E-state index is 1.37. The average Bonchev–Trinajstić information content (AvgIpc) is 2.00. The molecule has 1 fully saturated rings. The molecule has 0 heteroatoms. The Morgan fingerprint density at radius 2 is 1.58 bits per heavy atom. The molecule has 0 N–H and O–H groups in total. The van der Waals surface area contributed by atoms with Crippen LogP contribution in [0, 0.1) is 5.92 Å². The van der Waals surface area contributed by atoms with Gasteiger partial charge in [0.25, 0.3) is 0 Å². The summed E-state index contributed by atoms with van der Waals surface area (Å²) in [6, 6.07) is 0. The van der Waals surface area contributed by atoms with Gasteiger partial charge < -0.3 is 0 Å². The van der Waals surface area contributed by atoms with E-state index in [2.05, 4.69) is 6.92 Å². The first kappa shape index (κ1) is 10.1. The number of hydrogen-bond acceptors (Lipinski definition) is 0. The number of rotatable bonds is 7. The van der Waals surface area contributed by atoms with Crippen molar-refractivity contribution in [3.8, 4) is 0 Å². The smallest absolute Gasteiger partial charge is 0.0241 e. The predicted octanol–water partition coefficient (Wildman–Crippen LogP) is 4.50. The second kappa shape index (κ2) is 6.51. The van der Waals surface area contributed by atoms with Crippen LogP contribution in [0.4, 0.5) is 0 Å². The molecule has 0 aliphatic heterocycles. The molecule has 0 aromatic rings. The summed E-state index contributed by atoms with van der Waals surface area (Å²) in [4.78, 5) is 0. The van der Waals surface area contributed by atoms with Crippen LogP contribution < -0.4 is 0 Å². The van der Waals surface area contributed by atoms with Crippen molar-refractivity contribution in [1.29, 1.82) is 0 Å². The fourth-order valence-electron chi connectivity index (χ4n) is 1.83. The quantitative estimate of drug-likeness (QED) is 0.490. The lowest BCUT2D eigenvalue weighted by Crippen LogP contribution is -2.07. The van der Waals surface area contributed by atoms with E-state index in [0.29, 0.717) is 0 Å². The third-order valence-corrected chi connectivity index (χ3v) is 2.94. The molecule has 0 atom stereocenters. The molecule has 12 heavy (non-hydrogen) atoms. The Balaban J connectivity index is 1.70. The monoisotopic (exact) mass is 167 g/mol. The zero-order valence-corrected chi connectivity index (χ0v) is 8.57. The summed E-state index contributed by atoms with van der Waals surface area (Å²) in [6.07, 6.45) is 14.5. The van der Waals surface area contributed by atoms with Gasteiger partial charge in [-0.3, -0.25) is 0 Å². The van der Waals surface area contributed by atoms with Gasteiger partial charge in [-0.25, -0.2) is 0 Å². The average molecular weight is 167 g/mol. The summed E-state index contributed by atoms with van der Waals surface area (Å²) < 4.78 is 0. The van der Waals surface area contributed by atoms with E-state index in [9.17, 15) is 0 Å². The van der Waals surface area contributed by atoms with E-state index in [-0.39, 0.29) is 0 Å². The topological polar surface area (TPSA) is 0 Å². The first-order chi connectivity index (χ1) is 5.93. The zero-order chi connectivity index (χ0) is 8.65. The van der Waals surface area contributed by atoms with Gasteiger partial charge in [-0.15, -0.1) is 0 Å². The molecule has 0 spiro atoms. The van der Waals surface area contributed by atoms with Crippen LogP contribution in [0.25, 0.3) is 0 Å². The Morgan fingerprint density at radius 1 is 0.917 bits per heavy atom. The Bertz CT molecular complexity index is 92.2. The molecular weight excluding hydrogens is 144 g/mol. The highest BCUT2D eigenvalue weighted by Crippen LogP contribution is 2.33. The Morgan fingerprint density at radius 3 is 2.17 bits per heavy atom. The van der Waals surface area contributed by atoms with Crippen LogP contribution in [-0.4, -0.2) is 0 Å². The van der Waals surface area contributed by atoms with Gasteiger partial charge in [-0.1, -0.05) is 51.9 Å². The van der Waals surface area contributed by atoms with E-state index < -0.39 is 0 Å². The lowest BCUT2D eigenvalue weighted by atomic mass is 9.81. The van der Waals surface area contributed by atoms with Crippen molar-refractivity contribution < 1.29 is 0 Å². The molecular formula is C12H23. The number of hydrogen-bond donors (Lipinski definition) is 0. The standard InChI is InChI=1S/C12H23/c1-2-3-4-5-6-7-9-12-10-8-11-12/h2-11H2,1H3. The highest BCUT2D eigenvalue weighted by Gasteiger charge is 2.16. The van der Waals surface area contributed by atoms with Crippen molar-refractivity contribution in [1.82, 2.24) is 0 Å². The van der Waals surface area contributed by atoms with Crippen LogP contribution in [0.5, 0.6) is 0 Å². The van der Waals surface area contributed by atoms with E-state index in [4.69, 9.17) is 0 Å². The van der Waals surface area contributed by atoms with Crippen LogP contribution in [0.3, 0.4) is 0 Å². The Labute approximate surface area is 77.7 Å². The minimum absolute atomic E-state index is 1.37. The van der Waals surface area contributed by atoms with Gasteiger partial charge in [0.15, 0.2) is 0 Å². The largest absolute Gasteiger partial charge is 0.0654 e. The maximum Gasteiger partial charge on any atom is -0.0241 e. The highest BCUT2D eigenvalue weighted by molar-refractivity contribution is 4.97. The fourth-order valence-corrected chi connectivity index (χ4v) is 1.83. The molecule has 0 aromatic carbocycles. The third kappa shape index (κ3) is 4.13. The van der Waals surface area contributed by atoms with Crippen LogP contribution in [0.2, 0.25) is 0 Å². The van der Waals surface area contributed by atoms with Gasteiger partial charge in [0.1, 0.15) is 0 Å². The van der Waals surface area contributed by atoms with Crippen LogP contribution in [0.15, 0.2) is 0 Å². The SMILES string of the molecule is CCCCCCCC[C]1CCC1. The normalized spacial score (nSPS) is 17.8. The van der Waals surface area contributed by atoms with E-state index in [0.717, 1.165) is 0 Å². The van der Waals surface area contributed by atoms with Gasteiger partial charge in [0, 0.05) is 0 Å². The van der Waals surface area contributed by atoms with Crippen molar-refractivity contribution in [2.24, 2.45) is 0 Å². The van der Waals surface area contributed by atoms with Crippen LogP contribution >= 0.6 is 0 Å². The molecule has 0 nitrogen and oxygen atoms in total. The summed E-state index contributed by atoms with van der Waals surface area (Å²) in [5, 5.41) is 0. The highest BCUT2D eigenvalue weighted by atomic mass is 14.2. The summed E-state index contributed by atoms with van der Waals surface area (Å²) in [6.45, 7) is 2.28. The van der Waals surface area contributed by atoms with Crippen molar-refractivity contribution >= 4 is 0 Å². The van der Waals surface area contributed by atoms with Gasteiger partial charge in [-0.2, -0.15) is 0 Å². The van der Waals surface area contributed by atoms with Gasteiger partial charge in [0.2, 0.25) is 0 Å². The van der Waals surface area contributed by atoms with Crippen molar-refractivity contribution in [3.63, 3.8) is 0 Å². The molecule has 0 amide bonds. The van der Waals surface area contributed by atoms with Crippen LogP contribution in [0.1, 0.15) is 71.1 Å². The summed E-state index contributed by atoms with van der Waals surface area (Å²) >= 11 is 0. The molecule has 0 aromatic heterocycles. The zero-order valence-electron chi connectivity index (χ0n) is 8.57. The van der Waals surface area contributed by atoms with Gasteiger partial charge in [0.05, 0.1) is 0 Å². The minimum Gasteiger partial charge on any atom is -0.0654 e. The molecule has 1 rings (SSSR count). The van der Waals surface area contributed by atoms with Gasteiger partial charge in [-0.05, 0) is 25.2 Å². The molecule has 0 heterocycles. The number of unbranched alkanes of at least 4 members (excludes halogenated alkanes) is 5. The molecule has 1 aliphatic rings. The molecule has 71 valence electrons. The maximum absolute atomic E-state index is 2.28. The van der Waals surface area contributed by atoms with Crippen molar-refractivity contribution in [3.05, 3.63) is 5.92 Å². The lowest BCUT2D eigenvalue weighted by Gasteiger charge is -2.24. The summed E-state index contributed by atoms with van der Waals surface area (Å²) in [7, 11) is 0. The van der Waals surface area contributed by atoms with Crippen LogP contribution in [-0.2, 0) is 0 Å². The van der Waals surface area contributed by atoms with E-state index in [1.165, 1.54) is 64.2 Å². The fraction of sp³-hybridized carbons (Fsp3) is 0.917. The summed E-state index contributed by atoms with van der Waals surface area (Å²) in [5.41, 5.74) is 0. The van der Waals surface area contributed by atoms with E-state index >= 15 is 0 Å². The molecule has 1 saturated carbocycles. The molecule has 1 aliphatic carbocycles. The molecule has 0 saturated heterocycles. The van der Waals surface area contributed by atoms with Crippen molar-refractivity contribution in [2.45, 2.75) is 71.1 Å². The van der Waals surface area contributed by atoms with Crippen molar-refractivity contribution in [2.75, 3.05) is 0 Å². The van der Waals surface area contributed by atoms with Gasteiger partial charge >= 0.3 is 0 Å². The maximum atomic E-state index is 2.28. The second-order valence-electron chi connectivity index (χ2n) is 4.12. The Hall–Kier alpha value is 0. The first-order valence-electron chi connectivity index (χ1n) is 5.77. The molecule has 0 bridgehead atoms. The second-order valence-corrected chi connectivity index (χ2v) is 4.12. The van der Waals surface area contributed by atoms with E-state index in [1.807, 2.05) is 5.92 Å². The first-order valence-corrected chi connectivity index (χ1v) is 5.77. The summed E-state index contributed by atoms with van der Waals surface area (Å²) in [5.74, 6) is 1.85.